The molecule has 0 amide bonds. The molecule has 1 aliphatic heterocycles. The molecule has 0 radical (unpaired) electrons. The molecule has 21 heavy (non-hydrogen) atoms. The Labute approximate surface area is 134 Å². The number of benzene rings is 1. The molecule has 0 saturated carbocycles. The summed E-state index contributed by atoms with van der Waals surface area (Å²) >= 11 is 3.57. The van der Waals surface area contributed by atoms with Gasteiger partial charge in [-0.25, -0.2) is 0 Å². The fraction of sp³-hybridized carbons (Fsp3) is 0.353. The van der Waals surface area contributed by atoms with Gasteiger partial charge in [-0.1, -0.05) is 28.1 Å². The van der Waals surface area contributed by atoms with E-state index in [1.807, 2.05) is 12.4 Å². The lowest BCUT2D eigenvalue weighted by atomic mass is 10.0. The van der Waals surface area contributed by atoms with Crippen molar-refractivity contribution in [2.24, 2.45) is 0 Å². The van der Waals surface area contributed by atoms with Crippen molar-refractivity contribution in [3.05, 3.63) is 63.9 Å². The van der Waals surface area contributed by atoms with Crippen LogP contribution in [0.2, 0.25) is 0 Å². The number of aromatic nitrogens is 1. The predicted molar refractivity (Wildman–Crippen MR) is 89.1 cm³/mol. The quantitative estimate of drug-likeness (QED) is 0.924. The first-order valence-corrected chi connectivity index (χ1v) is 8.13. The average Bonchev–Trinajstić information content (AvgIpc) is 2.52. The number of nitrogens with one attached hydrogen (secondary N) is 1. The summed E-state index contributed by atoms with van der Waals surface area (Å²) in [6.45, 7) is 6.26. The Morgan fingerprint density at radius 2 is 2.10 bits per heavy atom. The summed E-state index contributed by atoms with van der Waals surface area (Å²) in [6, 6.07) is 11.3. The van der Waals surface area contributed by atoms with Crippen LogP contribution in [-0.4, -0.2) is 29.5 Å². The van der Waals surface area contributed by atoms with Gasteiger partial charge >= 0.3 is 0 Å². The Morgan fingerprint density at radius 1 is 1.29 bits per heavy atom. The fourth-order valence-electron chi connectivity index (χ4n) is 2.89. The molecule has 1 unspecified atom stereocenters. The third kappa shape index (κ3) is 3.51. The van der Waals surface area contributed by atoms with Crippen molar-refractivity contribution in [2.45, 2.75) is 19.5 Å². The van der Waals surface area contributed by atoms with Gasteiger partial charge in [0.05, 0.1) is 0 Å². The summed E-state index contributed by atoms with van der Waals surface area (Å²) in [7, 11) is 0. The van der Waals surface area contributed by atoms with E-state index < -0.39 is 0 Å². The first kappa shape index (κ1) is 14.7. The molecule has 1 aromatic heterocycles. The van der Waals surface area contributed by atoms with Crippen LogP contribution < -0.4 is 5.32 Å². The zero-order valence-corrected chi connectivity index (χ0v) is 13.8. The fourth-order valence-corrected chi connectivity index (χ4v) is 3.14. The Balaban J connectivity index is 1.79. The summed E-state index contributed by atoms with van der Waals surface area (Å²) in [6.07, 6.45) is 3.76. The third-order valence-electron chi connectivity index (χ3n) is 4.05. The van der Waals surface area contributed by atoms with Crippen molar-refractivity contribution in [3.63, 3.8) is 0 Å². The van der Waals surface area contributed by atoms with E-state index in [4.69, 9.17) is 0 Å². The molecule has 0 aliphatic carbocycles. The Kier molecular flexibility index (Phi) is 4.68. The molecule has 1 aliphatic rings. The number of hydrogen-bond acceptors (Lipinski definition) is 3. The van der Waals surface area contributed by atoms with Crippen molar-refractivity contribution in [1.29, 1.82) is 0 Å². The van der Waals surface area contributed by atoms with Gasteiger partial charge in [-0.05, 0) is 41.8 Å². The molecule has 1 aromatic carbocycles. The minimum atomic E-state index is 0.422. The monoisotopic (exact) mass is 345 g/mol. The van der Waals surface area contributed by atoms with Crippen LogP contribution in [0.1, 0.15) is 22.7 Å². The van der Waals surface area contributed by atoms with Crippen LogP contribution in [0.25, 0.3) is 0 Å². The number of rotatable bonds is 3. The number of halogens is 1. The highest BCUT2D eigenvalue weighted by molar-refractivity contribution is 9.10. The smallest absolute Gasteiger partial charge is 0.0477 e. The highest BCUT2D eigenvalue weighted by Crippen LogP contribution is 2.25. The topological polar surface area (TPSA) is 28.2 Å². The molecule has 0 spiro atoms. The second-order valence-electron chi connectivity index (χ2n) is 5.55. The summed E-state index contributed by atoms with van der Waals surface area (Å²) in [4.78, 5) is 6.68. The summed E-state index contributed by atoms with van der Waals surface area (Å²) in [5.74, 6) is 0. The molecular formula is C17H20BrN3. The van der Waals surface area contributed by atoms with E-state index in [0.717, 1.165) is 26.2 Å². The van der Waals surface area contributed by atoms with Crippen LogP contribution in [-0.2, 0) is 6.54 Å². The summed E-state index contributed by atoms with van der Waals surface area (Å²) in [5.41, 5.74) is 4.01. The minimum absolute atomic E-state index is 0.422. The molecule has 1 N–H and O–H groups in total. The highest BCUT2D eigenvalue weighted by Gasteiger charge is 2.23. The second-order valence-corrected chi connectivity index (χ2v) is 6.41. The van der Waals surface area contributed by atoms with Gasteiger partial charge in [-0.3, -0.25) is 9.88 Å². The van der Waals surface area contributed by atoms with Crippen LogP contribution >= 0.6 is 15.9 Å². The van der Waals surface area contributed by atoms with Crippen LogP contribution in [0.15, 0.2) is 47.2 Å². The van der Waals surface area contributed by atoms with Gasteiger partial charge in [0.1, 0.15) is 0 Å². The van der Waals surface area contributed by atoms with Crippen LogP contribution in [0.3, 0.4) is 0 Å². The molecule has 110 valence electrons. The van der Waals surface area contributed by atoms with Crippen molar-refractivity contribution in [2.75, 3.05) is 19.6 Å². The van der Waals surface area contributed by atoms with Crippen LogP contribution in [0.5, 0.6) is 0 Å². The zero-order chi connectivity index (χ0) is 14.7. The van der Waals surface area contributed by atoms with Crippen molar-refractivity contribution in [1.82, 2.24) is 15.2 Å². The maximum Gasteiger partial charge on any atom is 0.0477 e. The maximum atomic E-state index is 4.13. The van der Waals surface area contributed by atoms with Crippen molar-refractivity contribution < 1.29 is 0 Å². The lowest BCUT2D eigenvalue weighted by Gasteiger charge is -2.36. The molecule has 1 fully saturated rings. The van der Waals surface area contributed by atoms with E-state index in [-0.39, 0.29) is 0 Å². The van der Waals surface area contributed by atoms with Gasteiger partial charge in [-0.2, -0.15) is 0 Å². The summed E-state index contributed by atoms with van der Waals surface area (Å²) < 4.78 is 1.18. The van der Waals surface area contributed by atoms with E-state index >= 15 is 0 Å². The normalized spacial score (nSPS) is 19.6. The van der Waals surface area contributed by atoms with Crippen molar-refractivity contribution >= 4 is 15.9 Å². The van der Waals surface area contributed by atoms with Gasteiger partial charge in [0.2, 0.25) is 0 Å². The van der Waals surface area contributed by atoms with E-state index in [0.29, 0.717) is 6.04 Å². The molecule has 4 heteroatoms. The van der Waals surface area contributed by atoms with Crippen LogP contribution in [0.4, 0.5) is 0 Å². The Bertz CT molecular complexity index is 600. The van der Waals surface area contributed by atoms with E-state index in [1.54, 1.807) is 0 Å². The highest BCUT2D eigenvalue weighted by atomic mass is 79.9. The largest absolute Gasteiger partial charge is 0.314 e. The Hall–Kier alpha value is -1.23. The Morgan fingerprint density at radius 3 is 2.86 bits per heavy atom. The number of pyridine rings is 1. The van der Waals surface area contributed by atoms with Gasteiger partial charge in [0.15, 0.2) is 0 Å². The predicted octanol–water partition coefficient (Wildman–Crippen LogP) is 3.30. The molecule has 2 heterocycles. The van der Waals surface area contributed by atoms with Gasteiger partial charge in [-0.15, -0.1) is 0 Å². The van der Waals surface area contributed by atoms with E-state index in [1.165, 1.54) is 21.2 Å². The number of nitrogens with zero attached hydrogens (tertiary/aromatic N) is 2. The molecule has 2 aromatic rings. The lowest BCUT2D eigenvalue weighted by Crippen LogP contribution is -2.45. The number of aryl methyl sites for hydroxylation is 1. The molecule has 3 rings (SSSR count). The third-order valence-corrected chi connectivity index (χ3v) is 4.94. The lowest BCUT2D eigenvalue weighted by molar-refractivity contribution is 0.153. The maximum absolute atomic E-state index is 4.13. The standard InChI is InChI=1S/C17H20BrN3/c1-13-10-14(2-3-16(13)18)12-21-9-8-20-11-17(21)15-4-6-19-7-5-15/h2-7,10,17,20H,8-9,11-12H2,1H3. The molecule has 3 nitrogen and oxygen atoms in total. The molecular weight excluding hydrogens is 326 g/mol. The van der Waals surface area contributed by atoms with Gasteiger partial charge in [0.25, 0.3) is 0 Å². The van der Waals surface area contributed by atoms with Gasteiger partial charge < -0.3 is 5.32 Å². The molecule has 1 saturated heterocycles. The van der Waals surface area contributed by atoms with Crippen molar-refractivity contribution in [3.8, 4) is 0 Å². The van der Waals surface area contributed by atoms with Crippen LogP contribution in [0, 0.1) is 6.92 Å². The second kappa shape index (κ2) is 6.69. The average molecular weight is 346 g/mol. The first-order valence-electron chi connectivity index (χ1n) is 7.34. The molecule has 1 atom stereocenters. The number of piperazine rings is 1. The van der Waals surface area contributed by atoms with Gasteiger partial charge in [0, 0.05) is 49.1 Å². The molecule has 0 bridgehead atoms. The van der Waals surface area contributed by atoms with E-state index in [2.05, 4.69) is 68.4 Å². The minimum Gasteiger partial charge on any atom is -0.314 e. The first-order chi connectivity index (χ1) is 10.2. The summed E-state index contributed by atoms with van der Waals surface area (Å²) in [5, 5.41) is 3.50. The zero-order valence-electron chi connectivity index (χ0n) is 12.2. The number of hydrogen-bond donors (Lipinski definition) is 1. The van der Waals surface area contributed by atoms with E-state index in [9.17, 15) is 0 Å². The SMILES string of the molecule is Cc1cc(CN2CCNCC2c2ccncc2)ccc1Br.